The molecule has 6 aromatic rings. The molecule has 0 aromatic heterocycles. The second-order valence-corrected chi connectivity index (χ2v) is 12.9. The molecule has 0 amide bonds. The van der Waals surface area contributed by atoms with Crippen molar-refractivity contribution in [3.8, 4) is 11.5 Å². The monoisotopic (exact) mass is 740 g/mol. The molecule has 0 spiro atoms. The maximum absolute atomic E-state index is 13.2. The molecular weight excluding hydrogens is 709 g/mol. The first-order chi connectivity index (χ1) is 27.3. The highest BCUT2D eigenvalue weighted by Crippen LogP contribution is 2.58. The predicted molar refractivity (Wildman–Crippen MR) is 215 cm³/mol. The van der Waals surface area contributed by atoms with Gasteiger partial charge < -0.3 is 9.47 Å². The average molecular weight is 741 g/mol. The SMILES string of the molecule is COc1ccc([N+](=O)[O-])c(C2(C3(c4cc(OC)ccc4[N+](=O)[O-])N=C(c4ccccc4)C(c4ccccc4)=N3)N=C(c3ccccc3)C(c3ccccc3)=N2)c1. The molecule has 0 atom stereocenters. The number of hydrogen-bond donors (Lipinski definition) is 0. The van der Waals surface area contributed by atoms with Crippen molar-refractivity contribution in [1.82, 2.24) is 0 Å². The van der Waals surface area contributed by atoms with Gasteiger partial charge in [-0.2, -0.15) is 0 Å². The Hall–Kier alpha value is -7.60. The van der Waals surface area contributed by atoms with Crippen LogP contribution in [0.3, 0.4) is 0 Å². The number of nitro groups is 2. The van der Waals surface area contributed by atoms with E-state index in [-0.39, 0.29) is 34.0 Å². The summed E-state index contributed by atoms with van der Waals surface area (Å²) in [7, 11) is 2.89. The first-order valence-corrected chi connectivity index (χ1v) is 17.6. The third kappa shape index (κ3) is 5.89. The van der Waals surface area contributed by atoms with Crippen molar-refractivity contribution < 1.29 is 19.3 Å². The van der Waals surface area contributed by atoms with Crippen LogP contribution in [0.1, 0.15) is 33.4 Å². The number of hydrogen-bond acceptors (Lipinski definition) is 10. The zero-order valence-corrected chi connectivity index (χ0v) is 30.1. The fourth-order valence-corrected chi connectivity index (χ4v) is 7.19. The number of nitrogens with zero attached hydrogens (tertiary/aromatic N) is 6. The molecule has 2 heterocycles. The molecule has 0 fully saturated rings. The number of ether oxygens (including phenoxy) is 2. The molecule has 0 saturated heterocycles. The van der Waals surface area contributed by atoms with Crippen molar-refractivity contribution in [2.75, 3.05) is 14.2 Å². The Morgan fingerprint density at radius 1 is 0.429 bits per heavy atom. The summed E-state index contributed by atoms with van der Waals surface area (Å²) < 4.78 is 11.4. The van der Waals surface area contributed by atoms with Gasteiger partial charge in [0.15, 0.2) is 0 Å². The highest BCUT2D eigenvalue weighted by molar-refractivity contribution is 6.55. The van der Waals surface area contributed by atoms with E-state index in [1.807, 2.05) is 121 Å². The Morgan fingerprint density at radius 2 is 0.696 bits per heavy atom. The van der Waals surface area contributed by atoms with Crippen LogP contribution in [-0.2, 0) is 11.3 Å². The molecule has 12 heteroatoms. The van der Waals surface area contributed by atoms with E-state index in [0.717, 1.165) is 0 Å². The highest BCUT2D eigenvalue weighted by Gasteiger charge is 2.64. The Kier molecular flexibility index (Phi) is 9.06. The summed E-state index contributed by atoms with van der Waals surface area (Å²) in [5.41, 5.74) is -1.18. The van der Waals surface area contributed by atoms with Crippen molar-refractivity contribution in [3.63, 3.8) is 0 Å². The molecule has 0 bridgehead atoms. The molecule has 0 saturated carbocycles. The molecule has 0 aliphatic carbocycles. The minimum atomic E-state index is -2.21. The second-order valence-electron chi connectivity index (χ2n) is 12.9. The van der Waals surface area contributed by atoms with Crippen LogP contribution < -0.4 is 9.47 Å². The summed E-state index contributed by atoms with van der Waals surface area (Å²) in [5, 5.41) is 26.4. The first kappa shape index (κ1) is 35.4. The second kappa shape index (κ2) is 14.3. The largest absolute Gasteiger partial charge is 0.497 e. The lowest BCUT2D eigenvalue weighted by Crippen LogP contribution is -2.44. The maximum atomic E-state index is 13.2. The van der Waals surface area contributed by atoms with Gasteiger partial charge in [0.05, 0.1) is 58.0 Å². The number of benzene rings is 6. The average Bonchev–Trinajstić information content (AvgIpc) is 3.87. The van der Waals surface area contributed by atoms with Crippen LogP contribution in [-0.4, -0.2) is 46.9 Å². The zero-order valence-electron chi connectivity index (χ0n) is 30.1. The van der Waals surface area contributed by atoms with Gasteiger partial charge in [-0.05, 0) is 24.3 Å². The number of methoxy groups -OCH3 is 2. The molecule has 6 aromatic carbocycles. The van der Waals surface area contributed by atoms with Gasteiger partial charge in [0.25, 0.3) is 11.4 Å². The molecule has 8 rings (SSSR count). The minimum Gasteiger partial charge on any atom is -0.497 e. The van der Waals surface area contributed by atoms with Gasteiger partial charge in [-0.15, -0.1) is 0 Å². The Morgan fingerprint density at radius 3 is 0.929 bits per heavy atom. The van der Waals surface area contributed by atoms with Gasteiger partial charge >= 0.3 is 0 Å². The molecule has 0 unspecified atom stereocenters. The zero-order chi connectivity index (χ0) is 38.9. The molecule has 274 valence electrons. The van der Waals surface area contributed by atoms with Crippen LogP contribution in [0, 0.1) is 20.2 Å². The Labute approximate surface area is 321 Å². The fraction of sp³-hybridized carbons (Fsp3) is 0.0909. The van der Waals surface area contributed by atoms with Crippen LogP contribution >= 0.6 is 0 Å². The Balaban J connectivity index is 1.64. The predicted octanol–water partition coefficient (Wildman–Crippen LogP) is 8.51. The lowest BCUT2D eigenvalue weighted by molar-refractivity contribution is -0.387. The highest BCUT2D eigenvalue weighted by atomic mass is 16.6. The van der Waals surface area contributed by atoms with Crippen molar-refractivity contribution in [2.24, 2.45) is 20.0 Å². The number of rotatable bonds is 11. The molecule has 56 heavy (non-hydrogen) atoms. The topological polar surface area (TPSA) is 154 Å². The van der Waals surface area contributed by atoms with E-state index in [9.17, 15) is 20.2 Å². The van der Waals surface area contributed by atoms with Gasteiger partial charge in [0.1, 0.15) is 11.5 Å². The van der Waals surface area contributed by atoms with Crippen molar-refractivity contribution in [3.05, 3.63) is 211 Å². The van der Waals surface area contributed by atoms with E-state index >= 15 is 0 Å². The number of aliphatic imine (C=N–C) groups is 4. The fourth-order valence-electron chi connectivity index (χ4n) is 7.19. The van der Waals surface area contributed by atoms with Crippen LogP contribution in [0.25, 0.3) is 0 Å². The van der Waals surface area contributed by atoms with Crippen LogP contribution in [0.2, 0.25) is 0 Å². The quantitative estimate of drug-likeness (QED) is 0.0959. The summed E-state index contributed by atoms with van der Waals surface area (Å²) in [5.74, 6) is 0.523. The normalized spacial score (nSPS) is 15.2. The van der Waals surface area contributed by atoms with E-state index in [1.165, 1.54) is 50.6 Å². The van der Waals surface area contributed by atoms with Gasteiger partial charge in [-0.25, -0.2) is 20.0 Å². The lowest BCUT2D eigenvalue weighted by Gasteiger charge is -2.37. The van der Waals surface area contributed by atoms with Gasteiger partial charge in [0, 0.05) is 34.4 Å². The van der Waals surface area contributed by atoms with Crippen LogP contribution in [0.15, 0.2) is 178 Å². The van der Waals surface area contributed by atoms with Gasteiger partial charge in [-0.3, -0.25) is 20.2 Å². The number of nitro benzene ring substituents is 2. The van der Waals surface area contributed by atoms with Gasteiger partial charge in [0.2, 0.25) is 11.3 Å². The van der Waals surface area contributed by atoms with Gasteiger partial charge in [-0.1, -0.05) is 121 Å². The van der Waals surface area contributed by atoms with Crippen molar-refractivity contribution >= 4 is 34.2 Å². The summed E-state index contributed by atoms with van der Waals surface area (Å²) in [4.78, 5) is 47.1. The summed E-state index contributed by atoms with van der Waals surface area (Å²) in [6.45, 7) is 0. The molecule has 0 radical (unpaired) electrons. The van der Waals surface area contributed by atoms with Crippen molar-refractivity contribution in [2.45, 2.75) is 11.3 Å². The minimum absolute atomic E-state index is 0.0486. The van der Waals surface area contributed by atoms with Crippen LogP contribution in [0.5, 0.6) is 11.5 Å². The third-order valence-corrected chi connectivity index (χ3v) is 9.77. The molecular formula is C44H32N6O6. The standard InChI is InChI=1S/C44H32N6O6/c1-55-33-23-25-37(49(51)52)35(27-33)43(45-39(29-15-7-3-8-16-29)40(46-43)30-17-9-4-10-18-30)44(36-28-34(56-2)24-26-38(36)50(53)54)47-41(31-19-11-5-12-20-31)42(48-44)32-21-13-6-14-22-32/h3-28H,1-2H3. The third-order valence-electron chi connectivity index (χ3n) is 9.77. The van der Waals surface area contributed by atoms with E-state index in [2.05, 4.69) is 0 Å². The lowest BCUT2D eigenvalue weighted by atomic mass is 9.80. The van der Waals surface area contributed by atoms with Crippen LogP contribution in [0.4, 0.5) is 11.4 Å². The Bertz CT molecular complexity index is 2320. The molecule has 2 aliphatic rings. The van der Waals surface area contributed by atoms with E-state index in [4.69, 9.17) is 29.4 Å². The van der Waals surface area contributed by atoms with E-state index in [1.54, 1.807) is 0 Å². The molecule has 12 nitrogen and oxygen atoms in total. The van der Waals surface area contributed by atoms with Crippen molar-refractivity contribution in [1.29, 1.82) is 0 Å². The first-order valence-electron chi connectivity index (χ1n) is 17.6. The summed E-state index contributed by atoms with van der Waals surface area (Å²) in [6.07, 6.45) is 0. The maximum Gasteiger partial charge on any atom is 0.277 e. The summed E-state index contributed by atoms with van der Waals surface area (Å²) in [6, 6.07) is 45.7. The van der Waals surface area contributed by atoms with E-state index in [0.29, 0.717) is 45.1 Å². The van der Waals surface area contributed by atoms with E-state index < -0.39 is 21.2 Å². The summed E-state index contributed by atoms with van der Waals surface area (Å²) >= 11 is 0. The smallest absolute Gasteiger partial charge is 0.277 e. The molecule has 2 aliphatic heterocycles. The molecule has 0 N–H and O–H groups in total.